The molecule has 1 aromatic heterocycles. The number of hydrogen-bond acceptors (Lipinski definition) is 6. The van der Waals surface area contributed by atoms with Gasteiger partial charge in [0.1, 0.15) is 5.82 Å². The van der Waals surface area contributed by atoms with Crippen molar-refractivity contribution >= 4 is 27.4 Å². The normalized spacial score (nSPS) is 24.3. The summed E-state index contributed by atoms with van der Waals surface area (Å²) in [4.78, 5) is 11.5. The van der Waals surface area contributed by atoms with Crippen LogP contribution in [0, 0.1) is 5.92 Å². The van der Waals surface area contributed by atoms with Crippen molar-refractivity contribution in [2.75, 3.05) is 22.1 Å². The number of aromatic nitrogens is 2. The Kier molecular flexibility index (Phi) is 3.33. The Morgan fingerprint density at radius 1 is 1.15 bits per heavy atom. The molecule has 1 aromatic rings. The molecule has 108 valence electrons. The smallest absolute Gasteiger partial charge is 0.228 e. The highest BCUT2D eigenvalue weighted by Gasteiger charge is 2.30. The molecule has 3 rings (SSSR count). The average molecular weight is 296 g/mol. The van der Waals surface area contributed by atoms with Crippen LogP contribution in [-0.2, 0) is 14.6 Å². The summed E-state index contributed by atoms with van der Waals surface area (Å²) < 4.78 is 22.7. The van der Waals surface area contributed by atoms with E-state index in [0.717, 1.165) is 12.8 Å². The van der Waals surface area contributed by atoms with E-state index in [1.54, 1.807) is 12.1 Å². The van der Waals surface area contributed by atoms with E-state index in [-0.39, 0.29) is 29.4 Å². The molecule has 20 heavy (non-hydrogen) atoms. The van der Waals surface area contributed by atoms with Crippen LogP contribution in [0.4, 0.5) is 11.6 Å². The van der Waals surface area contributed by atoms with E-state index in [0.29, 0.717) is 18.1 Å². The van der Waals surface area contributed by atoms with E-state index in [9.17, 15) is 13.2 Å². The number of hydrogen-bond donors (Lipinski definition) is 2. The third kappa shape index (κ3) is 3.24. The van der Waals surface area contributed by atoms with Gasteiger partial charge in [0, 0.05) is 12.0 Å². The van der Waals surface area contributed by atoms with E-state index >= 15 is 0 Å². The van der Waals surface area contributed by atoms with Gasteiger partial charge in [0.25, 0.3) is 0 Å². The van der Waals surface area contributed by atoms with Crippen molar-refractivity contribution in [1.82, 2.24) is 10.2 Å². The first-order valence-corrected chi connectivity index (χ1v) is 8.45. The highest BCUT2D eigenvalue weighted by molar-refractivity contribution is 7.91. The van der Waals surface area contributed by atoms with Crippen LogP contribution in [0.1, 0.15) is 19.3 Å². The molecular weight excluding hydrogens is 280 g/mol. The van der Waals surface area contributed by atoms with Gasteiger partial charge < -0.3 is 10.6 Å². The number of carbonyl (C=O) groups excluding carboxylic acids is 1. The predicted molar refractivity (Wildman–Crippen MR) is 74.1 cm³/mol. The number of nitrogens with zero attached hydrogens (tertiary/aromatic N) is 2. The lowest BCUT2D eigenvalue weighted by Gasteiger charge is -2.11. The van der Waals surface area contributed by atoms with Crippen molar-refractivity contribution in [2.24, 2.45) is 5.92 Å². The molecule has 1 saturated carbocycles. The summed E-state index contributed by atoms with van der Waals surface area (Å²) in [5.41, 5.74) is 0. The quantitative estimate of drug-likeness (QED) is 0.835. The summed E-state index contributed by atoms with van der Waals surface area (Å²) in [5.74, 6) is 1.41. The van der Waals surface area contributed by atoms with Crippen LogP contribution >= 0.6 is 0 Å². The van der Waals surface area contributed by atoms with E-state index in [1.165, 1.54) is 0 Å². The monoisotopic (exact) mass is 296 g/mol. The molecule has 2 aliphatic rings. The summed E-state index contributed by atoms with van der Waals surface area (Å²) in [6, 6.07) is 3.25. The lowest BCUT2D eigenvalue weighted by atomic mass is 10.2. The second-order valence-corrected chi connectivity index (χ2v) is 7.54. The Morgan fingerprint density at radius 3 is 2.40 bits per heavy atom. The summed E-state index contributed by atoms with van der Waals surface area (Å²) in [7, 11) is -2.91. The van der Waals surface area contributed by atoms with Crippen molar-refractivity contribution in [3.05, 3.63) is 12.1 Å². The summed E-state index contributed by atoms with van der Waals surface area (Å²) in [6.07, 6.45) is 2.47. The van der Waals surface area contributed by atoms with Gasteiger partial charge >= 0.3 is 0 Å². The minimum atomic E-state index is -2.91. The molecular formula is C12H16N4O3S. The molecule has 2 fully saturated rings. The van der Waals surface area contributed by atoms with Crippen LogP contribution in [0.2, 0.25) is 0 Å². The minimum Gasteiger partial charge on any atom is -0.365 e. The molecule has 1 saturated heterocycles. The number of anilines is 2. The number of nitrogens with one attached hydrogen (secondary N) is 2. The van der Waals surface area contributed by atoms with Gasteiger partial charge in [-0.1, -0.05) is 0 Å². The fourth-order valence-corrected chi connectivity index (χ4v) is 3.84. The van der Waals surface area contributed by atoms with Gasteiger partial charge in [0.05, 0.1) is 11.5 Å². The summed E-state index contributed by atoms with van der Waals surface area (Å²) in [5, 5.41) is 13.6. The van der Waals surface area contributed by atoms with Gasteiger partial charge in [-0.2, -0.15) is 0 Å². The Balaban J connectivity index is 1.57. The lowest BCUT2D eigenvalue weighted by Crippen LogP contribution is -2.21. The lowest BCUT2D eigenvalue weighted by molar-refractivity contribution is -0.117. The number of rotatable bonds is 4. The Hall–Kier alpha value is -1.70. The third-order valence-electron chi connectivity index (χ3n) is 3.45. The third-order valence-corrected chi connectivity index (χ3v) is 5.22. The molecule has 2 heterocycles. The molecule has 1 aliphatic carbocycles. The zero-order chi connectivity index (χ0) is 14.2. The molecule has 8 heteroatoms. The van der Waals surface area contributed by atoms with Crippen LogP contribution in [-0.4, -0.2) is 42.1 Å². The molecule has 2 N–H and O–H groups in total. The maximum Gasteiger partial charge on any atom is 0.228 e. The molecule has 0 spiro atoms. The van der Waals surface area contributed by atoms with Crippen molar-refractivity contribution in [1.29, 1.82) is 0 Å². The van der Waals surface area contributed by atoms with Crippen molar-refractivity contribution in [3.63, 3.8) is 0 Å². The summed E-state index contributed by atoms with van der Waals surface area (Å²) >= 11 is 0. The first kappa shape index (κ1) is 13.3. The first-order chi connectivity index (χ1) is 9.52. The SMILES string of the molecule is O=C(Nc1ccc(NC2CCS(=O)(=O)C2)nn1)C1CC1. The minimum absolute atomic E-state index is 0.0121. The maximum absolute atomic E-state index is 11.5. The topological polar surface area (TPSA) is 101 Å². The van der Waals surface area contributed by atoms with Gasteiger partial charge in [0.15, 0.2) is 15.7 Å². The largest absolute Gasteiger partial charge is 0.365 e. The fraction of sp³-hybridized carbons (Fsp3) is 0.583. The molecule has 0 bridgehead atoms. The van der Waals surface area contributed by atoms with Crippen LogP contribution < -0.4 is 10.6 Å². The zero-order valence-electron chi connectivity index (χ0n) is 10.9. The Labute approximate surface area is 117 Å². The Morgan fingerprint density at radius 2 is 1.85 bits per heavy atom. The fourth-order valence-electron chi connectivity index (χ4n) is 2.17. The van der Waals surface area contributed by atoms with Crippen LogP contribution in [0.5, 0.6) is 0 Å². The predicted octanol–water partition coefficient (Wildman–Crippen LogP) is 0.424. The van der Waals surface area contributed by atoms with Gasteiger partial charge in [-0.15, -0.1) is 10.2 Å². The number of sulfone groups is 1. The van der Waals surface area contributed by atoms with E-state index < -0.39 is 9.84 Å². The zero-order valence-corrected chi connectivity index (χ0v) is 11.7. The van der Waals surface area contributed by atoms with E-state index in [4.69, 9.17) is 0 Å². The standard InChI is InChI=1S/C12H16N4O3S/c17-12(8-1-2-8)14-11-4-3-10(15-16-11)13-9-5-6-20(18,19)7-9/h3-4,8-9H,1-2,5-7H2,(H,13,15)(H,14,16,17). The summed E-state index contributed by atoms with van der Waals surface area (Å²) in [6.45, 7) is 0. The second kappa shape index (κ2) is 5.01. The second-order valence-electron chi connectivity index (χ2n) is 5.31. The maximum atomic E-state index is 11.5. The van der Waals surface area contributed by atoms with Gasteiger partial charge in [-0.25, -0.2) is 8.42 Å². The van der Waals surface area contributed by atoms with E-state index in [1.807, 2.05) is 0 Å². The average Bonchev–Trinajstić information content (AvgIpc) is 3.18. The highest BCUT2D eigenvalue weighted by atomic mass is 32.2. The highest BCUT2D eigenvalue weighted by Crippen LogP contribution is 2.29. The molecule has 1 atom stereocenters. The van der Waals surface area contributed by atoms with Crippen molar-refractivity contribution < 1.29 is 13.2 Å². The van der Waals surface area contributed by atoms with Gasteiger partial charge in [-0.05, 0) is 31.4 Å². The van der Waals surface area contributed by atoms with Crippen molar-refractivity contribution in [3.8, 4) is 0 Å². The number of carbonyl (C=O) groups is 1. The van der Waals surface area contributed by atoms with Crippen molar-refractivity contribution in [2.45, 2.75) is 25.3 Å². The number of amides is 1. The molecule has 0 radical (unpaired) electrons. The molecule has 1 amide bonds. The molecule has 7 nitrogen and oxygen atoms in total. The van der Waals surface area contributed by atoms with E-state index in [2.05, 4.69) is 20.8 Å². The molecule has 1 aliphatic heterocycles. The van der Waals surface area contributed by atoms with Crippen LogP contribution in [0.15, 0.2) is 12.1 Å². The molecule has 1 unspecified atom stereocenters. The van der Waals surface area contributed by atoms with Gasteiger partial charge in [-0.3, -0.25) is 4.79 Å². The van der Waals surface area contributed by atoms with Crippen LogP contribution in [0.3, 0.4) is 0 Å². The molecule has 0 aromatic carbocycles. The van der Waals surface area contributed by atoms with Gasteiger partial charge in [0.2, 0.25) is 5.91 Å². The Bertz CT molecular complexity index is 610. The van der Waals surface area contributed by atoms with Crippen LogP contribution in [0.25, 0.3) is 0 Å². The first-order valence-electron chi connectivity index (χ1n) is 6.63.